The number of alkyl halides is 3. The van der Waals surface area contributed by atoms with Gasteiger partial charge in [-0.1, -0.05) is 12.1 Å². The smallest absolute Gasteiger partial charge is 0.424 e. The summed E-state index contributed by atoms with van der Waals surface area (Å²) >= 11 is 0. The maximum atomic E-state index is 12.7. The van der Waals surface area contributed by atoms with Crippen molar-refractivity contribution < 1.29 is 17.9 Å². The van der Waals surface area contributed by atoms with Gasteiger partial charge in [-0.25, -0.2) is 4.98 Å². The Balaban J connectivity index is 1.89. The summed E-state index contributed by atoms with van der Waals surface area (Å²) in [6.07, 6.45) is -2.05. The predicted molar refractivity (Wildman–Crippen MR) is 82.4 cm³/mol. The second-order valence-electron chi connectivity index (χ2n) is 4.80. The Bertz CT molecular complexity index is 906. The Morgan fingerprint density at radius 3 is 2.80 bits per heavy atom. The quantitative estimate of drug-likeness (QED) is 0.732. The Morgan fingerprint density at radius 1 is 1.20 bits per heavy atom. The monoisotopic (exact) mass is 348 g/mol. The van der Waals surface area contributed by atoms with Gasteiger partial charge in [-0.05, 0) is 18.2 Å². The van der Waals surface area contributed by atoms with Crippen molar-refractivity contribution in [2.24, 2.45) is 4.99 Å². The molecular formula is C15H11F3N6O. The van der Waals surface area contributed by atoms with Crippen LogP contribution < -0.4 is 4.74 Å². The maximum Gasteiger partial charge on any atom is 0.433 e. The molecule has 0 saturated heterocycles. The number of aliphatic imine (C=N–C) groups is 1. The van der Waals surface area contributed by atoms with Gasteiger partial charge < -0.3 is 4.74 Å². The van der Waals surface area contributed by atoms with Crippen molar-refractivity contribution in [3.63, 3.8) is 0 Å². The van der Waals surface area contributed by atoms with Gasteiger partial charge in [0.05, 0.1) is 6.21 Å². The summed E-state index contributed by atoms with van der Waals surface area (Å²) in [6, 6.07) is 6.96. The molecule has 0 fully saturated rings. The van der Waals surface area contributed by atoms with Gasteiger partial charge in [0.25, 0.3) is 0 Å². The summed E-state index contributed by atoms with van der Waals surface area (Å²) in [7, 11) is 1.60. The van der Waals surface area contributed by atoms with E-state index in [-0.39, 0.29) is 5.75 Å². The minimum atomic E-state index is -4.57. The van der Waals surface area contributed by atoms with E-state index in [0.29, 0.717) is 17.0 Å². The van der Waals surface area contributed by atoms with Gasteiger partial charge in [-0.15, -0.1) is 0 Å². The summed E-state index contributed by atoms with van der Waals surface area (Å²) in [4.78, 5) is 10.9. The van der Waals surface area contributed by atoms with Crippen LogP contribution in [-0.2, 0) is 6.18 Å². The Kier molecular flexibility index (Phi) is 4.42. The van der Waals surface area contributed by atoms with Crippen LogP contribution in [0.3, 0.4) is 0 Å². The number of hydrogen-bond donors (Lipinski definition) is 1. The number of ether oxygens (including phenoxy) is 1. The third kappa shape index (κ3) is 3.79. The van der Waals surface area contributed by atoms with Crippen LogP contribution in [0.15, 0.2) is 41.5 Å². The molecule has 2 heterocycles. The Hall–Kier alpha value is -3.30. The van der Waals surface area contributed by atoms with E-state index < -0.39 is 17.9 Å². The molecule has 0 bridgehead atoms. The molecule has 1 aromatic carbocycles. The van der Waals surface area contributed by atoms with E-state index in [4.69, 9.17) is 4.74 Å². The molecule has 2 aromatic heterocycles. The molecule has 10 heteroatoms. The predicted octanol–water partition coefficient (Wildman–Crippen LogP) is 3.12. The third-order valence-corrected chi connectivity index (χ3v) is 3.07. The van der Waals surface area contributed by atoms with Crippen LogP contribution in [0.2, 0.25) is 0 Å². The second-order valence-corrected chi connectivity index (χ2v) is 4.80. The number of rotatable bonds is 4. The fraction of sp³-hybridized carbons (Fsp3) is 0.133. The number of aromatic nitrogens is 5. The van der Waals surface area contributed by atoms with E-state index in [0.717, 1.165) is 12.3 Å². The fourth-order valence-corrected chi connectivity index (χ4v) is 2.02. The zero-order valence-corrected chi connectivity index (χ0v) is 12.8. The van der Waals surface area contributed by atoms with Gasteiger partial charge in [0, 0.05) is 18.8 Å². The van der Waals surface area contributed by atoms with E-state index in [1.54, 1.807) is 31.3 Å². The number of hydrogen-bond acceptors (Lipinski definition) is 6. The van der Waals surface area contributed by atoms with Gasteiger partial charge >= 0.3 is 12.2 Å². The highest BCUT2D eigenvalue weighted by atomic mass is 19.4. The molecule has 0 saturated carbocycles. The molecule has 3 rings (SSSR count). The van der Waals surface area contributed by atoms with Crippen molar-refractivity contribution in [3.8, 4) is 23.0 Å². The molecule has 0 amide bonds. The van der Waals surface area contributed by atoms with Crippen LogP contribution in [0.1, 0.15) is 11.4 Å². The van der Waals surface area contributed by atoms with Crippen LogP contribution in [-0.4, -0.2) is 38.6 Å². The van der Waals surface area contributed by atoms with E-state index in [1.165, 1.54) is 6.21 Å². The summed E-state index contributed by atoms with van der Waals surface area (Å²) in [5, 5.41) is 10.5. The molecule has 3 aromatic rings. The average molecular weight is 348 g/mol. The van der Waals surface area contributed by atoms with Gasteiger partial charge in [-0.2, -0.15) is 33.6 Å². The van der Waals surface area contributed by atoms with Crippen molar-refractivity contribution in [1.29, 1.82) is 0 Å². The molecule has 128 valence electrons. The molecule has 0 radical (unpaired) electrons. The van der Waals surface area contributed by atoms with Crippen molar-refractivity contribution in [2.45, 2.75) is 6.18 Å². The second kappa shape index (κ2) is 6.67. The molecule has 25 heavy (non-hydrogen) atoms. The van der Waals surface area contributed by atoms with Crippen molar-refractivity contribution in [2.75, 3.05) is 7.05 Å². The molecule has 0 aliphatic carbocycles. The number of aromatic amines is 1. The molecule has 1 N–H and O–H groups in total. The lowest BCUT2D eigenvalue weighted by Crippen LogP contribution is -2.08. The first kappa shape index (κ1) is 16.6. The summed E-state index contributed by atoms with van der Waals surface area (Å²) in [5.74, 6) is 0.263. The highest BCUT2D eigenvalue weighted by Gasteiger charge is 2.33. The number of nitrogens with zero attached hydrogens (tertiary/aromatic N) is 5. The minimum Gasteiger partial charge on any atom is -0.424 e. The van der Waals surface area contributed by atoms with Crippen LogP contribution in [0.4, 0.5) is 13.2 Å². The molecule has 0 atom stereocenters. The van der Waals surface area contributed by atoms with E-state index in [1.807, 2.05) is 0 Å². The lowest BCUT2D eigenvalue weighted by atomic mass is 10.1. The normalized spacial score (nSPS) is 11.8. The van der Waals surface area contributed by atoms with Crippen LogP contribution in [0.5, 0.6) is 11.8 Å². The van der Waals surface area contributed by atoms with Crippen LogP contribution in [0.25, 0.3) is 11.3 Å². The number of nitrogens with one attached hydrogen (secondary N) is 1. The van der Waals surface area contributed by atoms with Crippen LogP contribution in [0, 0.1) is 0 Å². The number of halogens is 3. The largest absolute Gasteiger partial charge is 0.433 e. The summed E-state index contributed by atoms with van der Waals surface area (Å²) in [6.45, 7) is 0. The lowest BCUT2D eigenvalue weighted by molar-refractivity contribution is -0.141. The number of H-pyrrole nitrogens is 1. The SMILES string of the molecule is CN=Cc1n[nH]nc1-c1cccc(Oc2nccc(C(F)(F)F)n2)c1. The average Bonchev–Trinajstić information content (AvgIpc) is 3.03. The zero-order valence-electron chi connectivity index (χ0n) is 12.8. The molecule has 0 aliphatic heterocycles. The summed E-state index contributed by atoms with van der Waals surface area (Å²) in [5.41, 5.74) is 0.621. The highest BCUT2D eigenvalue weighted by Crippen LogP contribution is 2.30. The minimum absolute atomic E-state index is 0.263. The van der Waals surface area contributed by atoms with E-state index in [9.17, 15) is 13.2 Å². The number of benzene rings is 1. The van der Waals surface area contributed by atoms with Crippen molar-refractivity contribution in [3.05, 3.63) is 47.9 Å². The van der Waals surface area contributed by atoms with Crippen LogP contribution >= 0.6 is 0 Å². The van der Waals surface area contributed by atoms with Gasteiger partial charge in [0.2, 0.25) is 0 Å². The summed E-state index contributed by atoms with van der Waals surface area (Å²) < 4.78 is 43.4. The van der Waals surface area contributed by atoms with Gasteiger partial charge in [-0.3, -0.25) is 4.99 Å². The standard InChI is InChI=1S/C15H11F3N6O/c1-19-8-11-13(23-24-22-11)9-3-2-4-10(7-9)25-14-20-6-5-12(21-14)15(16,17)18/h2-8H,1H3,(H,22,23,24). The van der Waals surface area contributed by atoms with E-state index >= 15 is 0 Å². The Morgan fingerprint density at radius 2 is 2.04 bits per heavy atom. The Labute approximate surface area is 139 Å². The van der Waals surface area contributed by atoms with Gasteiger partial charge in [0.15, 0.2) is 5.69 Å². The molecule has 0 spiro atoms. The highest BCUT2D eigenvalue weighted by molar-refractivity contribution is 5.86. The molecule has 0 unspecified atom stereocenters. The first-order chi connectivity index (χ1) is 12.0. The van der Waals surface area contributed by atoms with E-state index in [2.05, 4.69) is 30.4 Å². The molecule has 0 aliphatic rings. The van der Waals surface area contributed by atoms with Crippen molar-refractivity contribution in [1.82, 2.24) is 25.4 Å². The lowest BCUT2D eigenvalue weighted by Gasteiger charge is -2.08. The zero-order chi connectivity index (χ0) is 17.9. The first-order valence-electron chi connectivity index (χ1n) is 6.99. The topological polar surface area (TPSA) is 88.9 Å². The first-order valence-corrected chi connectivity index (χ1v) is 6.99. The van der Waals surface area contributed by atoms with Gasteiger partial charge in [0.1, 0.15) is 17.1 Å². The molecular weight excluding hydrogens is 337 g/mol. The third-order valence-electron chi connectivity index (χ3n) is 3.07. The maximum absolute atomic E-state index is 12.7. The fourth-order valence-electron chi connectivity index (χ4n) is 2.02. The van der Waals surface area contributed by atoms with Crippen molar-refractivity contribution >= 4 is 6.21 Å². The molecule has 7 nitrogen and oxygen atoms in total.